The van der Waals surface area contributed by atoms with Crippen LogP contribution in [-0.4, -0.2) is 11.9 Å². The van der Waals surface area contributed by atoms with E-state index in [9.17, 15) is 9.59 Å². The van der Waals surface area contributed by atoms with Crippen LogP contribution in [0.4, 0.5) is 0 Å². The van der Waals surface area contributed by atoms with Crippen LogP contribution in [0.25, 0.3) is 0 Å². The van der Waals surface area contributed by atoms with E-state index in [2.05, 4.69) is 26.8 Å². The van der Waals surface area contributed by atoms with E-state index in [1.165, 1.54) is 11.1 Å². The van der Waals surface area contributed by atoms with E-state index >= 15 is 0 Å². The Labute approximate surface area is 192 Å². The number of benzene rings is 2. The first-order valence-corrected chi connectivity index (χ1v) is 11.7. The van der Waals surface area contributed by atoms with Crippen molar-refractivity contribution in [2.24, 2.45) is 11.8 Å². The number of fused-ring (bicyclic) bond motifs is 1. The van der Waals surface area contributed by atoms with E-state index < -0.39 is 0 Å². The summed E-state index contributed by atoms with van der Waals surface area (Å²) in [5.41, 5.74) is 3.36. The molecule has 4 heteroatoms. The second-order valence-corrected chi connectivity index (χ2v) is 10.1. The molecule has 0 spiro atoms. The molecular weight excluding hydrogens is 400 g/mol. The minimum absolute atomic E-state index is 0.00890. The highest BCUT2D eigenvalue weighted by molar-refractivity contribution is 5.75. The average Bonchev–Trinajstić information content (AvgIpc) is 2.98. The molecule has 3 unspecified atom stereocenters. The molecule has 0 amide bonds. The summed E-state index contributed by atoms with van der Waals surface area (Å²) in [6, 6.07) is 13.9. The smallest absolute Gasteiger partial charge is 0.314 e. The summed E-state index contributed by atoms with van der Waals surface area (Å²) in [4.78, 5) is 24.5. The Hall–Kier alpha value is -2.62. The lowest BCUT2D eigenvalue weighted by Crippen LogP contribution is -2.23. The van der Waals surface area contributed by atoms with Crippen LogP contribution in [0.5, 0.6) is 11.5 Å². The average molecular weight is 437 g/mol. The molecule has 4 nitrogen and oxygen atoms in total. The van der Waals surface area contributed by atoms with Crippen LogP contribution in [0.3, 0.4) is 0 Å². The van der Waals surface area contributed by atoms with Gasteiger partial charge in [0.1, 0.15) is 11.5 Å². The second-order valence-electron chi connectivity index (χ2n) is 10.1. The highest BCUT2D eigenvalue weighted by Gasteiger charge is 2.46. The van der Waals surface area contributed by atoms with Gasteiger partial charge >= 0.3 is 11.9 Å². The Morgan fingerprint density at radius 1 is 0.812 bits per heavy atom. The Bertz CT molecular complexity index is 989. The summed E-state index contributed by atoms with van der Waals surface area (Å²) in [7, 11) is 0. The number of carbonyl (C=O) groups excluding carboxylic acids is 2. The maximum atomic E-state index is 12.3. The topological polar surface area (TPSA) is 52.6 Å². The predicted molar refractivity (Wildman–Crippen MR) is 127 cm³/mol. The van der Waals surface area contributed by atoms with Gasteiger partial charge in [0.25, 0.3) is 0 Å². The zero-order valence-electron chi connectivity index (χ0n) is 20.5. The largest absolute Gasteiger partial charge is 0.426 e. The normalized spacial score (nSPS) is 20.8. The molecule has 0 N–H and O–H groups in total. The standard InChI is InChI=1S/C28H36O4/c1-8-18(3)25(29)31-21-12-10-20(11-13-21)28(7)17-27(5,6)23-15-14-22(16-24(23)28)32-26(30)19(4)9-2/h10-16,18-19H,8-9,17H2,1-7H3. The number of rotatable bonds is 7. The van der Waals surface area contributed by atoms with Crippen LogP contribution in [0.2, 0.25) is 0 Å². The van der Waals surface area contributed by atoms with Crippen molar-refractivity contribution in [2.75, 3.05) is 0 Å². The summed E-state index contributed by atoms with van der Waals surface area (Å²) >= 11 is 0. The van der Waals surface area contributed by atoms with Crippen molar-refractivity contribution >= 4 is 11.9 Å². The van der Waals surface area contributed by atoms with Gasteiger partial charge in [-0.25, -0.2) is 0 Å². The molecule has 3 rings (SSSR count). The maximum absolute atomic E-state index is 12.3. The molecule has 0 aliphatic heterocycles. The van der Waals surface area contributed by atoms with Crippen molar-refractivity contribution in [3.63, 3.8) is 0 Å². The summed E-state index contributed by atoms with van der Waals surface area (Å²) in [6.45, 7) is 14.5. The molecule has 0 fully saturated rings. The van der Waals surface area contributed by atoms with Gasteiger partial charge in [-0.05, 0) is 65.6 Å². The molecule has 32 heavy (non-hydrogen) atoms. The minimum Gasteiger partial charge on any atom is -0.426 e. The number of hydrogen-bond donors (Lipinski definition) is 0. The van der Waals surface area contributed by atoms with Gasteiger partial charge in [-0.3, -0.25) is 9.59 Å². The number of ether oxygens (including phenoxy) is 2. The van der Waals surface area contributed by atoms with Crippen molar-refractivity contribution in [3.8, 4) is 11.5 Å². The van der Waals surface area contributed by atoms with Gasteiger partial charge in [0, 0.05) is 5.41 Å². The van der Waals surface area contributed by atoms with Crippen LogP contribution >= 0.6 is 0 Å². The first-order valence-electron chi connectivity index (χ1n) is 11.7. The van der Waals surface area contributed by atoms with Gasteiger partial charge in [-0.15, -0.1) is 0 Å². The fourth-order valence-electron chi connectivity index (χ4n) is 4.62. The Morgan fingerprint density at radius 2 is 1.31 bits per heavy atom. The number of hydrogen-bond acceptors (Lipinski definition) is 4. The number of esters is 2. The Balaban J connectivity index is 1.92. The summed E-state index contributed by atoms with van der Waals surface area (Å²) in [5, 5.41) is 0. The van der Waals surface area contributed by atoms with Crippen LogP contribution in [0, 0.1) is 11.8 Å². The lowest BCUT2D eigenvalue weighted by atomic mass is 9.75. The van der Waals surface area contributed by atoms with Crippen LogP contribution in [0.1, 0.15) is 84.4 Å². The lowest BCUT2D eigenvalue weighted by molar-refractivity contribution is -0.139. The SMILES string of the molecule is CCC(C)C(=O)Oc1ccc(C2(C)CC(C)(C)c3ccc(OC(=O)C(C)CC)cc32)cc1. The third-order valence-electron chi connectivity index (χ3n) is 7.07. The molecule has 0 heterocycles. The van der Waals surface area contributed by atoms with Gasteiger partial charge in [0.2, 0.25) is 0 Å². The summed E-state index contributed by atoms with van der Waals surface area (Å²) < 4.78 is 11.2. The minimum atomic E-state index is -0.239. The van der Waals surface area contributed by atoms with Gasteiger partial charge < -0.3 is 9.47 Å². The third-order valence-corrected chi connectivity index (χ3v) is 7.07. The third kappa shape index (κ3) is 4.60. The fourth-order valence-corrected chi connectivity index (χ4v) is 4.62. The van der Waals surface area contributed by atoms with Crippen molar-refractivity contribution < 1.29 is 19.1 Å². The molecule has 0 radical (unpaired) electrons. The summed E-state index contributed by atoms with van der Waals surface area (Å²) in [6.07, 6.45) is 2.44. The van der Waals surface area contributed by atoms with Crippen molar-refractivity contribution in [3.05, 3.63) is 59.2 Å². The van der Waals surface area contributed by atoms with Crippen molar-refractivity contribution in [2.45, 2.75) is 78.6 Å². The second kappa shape index (κ2) is 9.09. The van der Waals surface area contributed by atoms with Gasteiger partial charge in [-0.2, -0.15) is 0 Å². The quantitative estimate of drug-likeness (QED) is 0.363. The molecule has 2 aromatic rings. The molecule has 2 aromatic carbocycles. The molecule has 172 valence electrons. The van der Waals surface area contributed by atoms with E-state index in [1.807, 2.05) is 64.1 Å². The van der Waals surface area contributed by atoms with Crippen LogP contribution in [0.15, 0.2) is 42.5 Å². The van der Waals surface area contributed by atoms with Gasteiger partial charge in [0.15, 0.2) is 0 Å². The first kappa shape index (κ1) is 24.0. The highest BCUT2D eigenvalue weighted by atomic mass is 16.5. The molecule has 1 aliphatic rings. The Kier molecular flexibility index (Phi) is 6.83. The zero-order valence-corrected chi connectivity index (χ0v) is 20.5. The van der Waals surface area contributed by atoms with E-state index in [4.69, 9.17) is 9.47 Å². The lowest BCUT2D eigenvalue weighted by Gasteiger charge is -2.28. The molecular formula is C28H36O4. The van der Waals surface area contributed by atoms with Crippen LogP contribution < -0.4 is 9.47 Å². The molecule has 0 aromatic heterocycles. The van der Waals surface area contributed by atoms with Gasteiger partial charge in [0.05, 0.1) is 11.8 Å². The van der Waals surface area contributed by atoms with E-state index in [0.29, 0.717) is 11.5 Å². The molecule has 0 saturated carbocycles. The first-order chi connectivity index (χ1) is 15.0. The van der Waals surface area contributed by atoms with Crippen molar-refractivity contribution in [1.82, 2.24) is 0 Å². The molecule has 0 bridgehead atoms. The fraction of sp³-hybridized carbons (Fsp3) is 0.500. The summed E-state index contributed by atoms with van der Waals surface area (Å²) in [5.74, 6) is 0.516. The Morgan fingerprint density at radius 3 is 1.84 bits per heavy atom. The van der Waals surface area contributed by atoms with Crippen LogP contribution in [-0.2, 0) is 20.4 Å². The monoisotopic (exact) mass is 436 g/mol. The zero-order chi connectivity index (χ0) is 23.7. The predicted octanol–water partition coefficient (Wildman–Crippen LogP) is 6.58. The molecule has 3 atom stereocenters. The molecule has 1 aliphatic carbocycles. The van der Waals surface area contributed by atoms with E-state index in [0.717, 1.165) is 24.8 Å². The van der Waals surface area contributed by atoms with Crippen molar-refractivity contribution in [1.29, 1.82) is 0 Å². The van der Waals surface area contributed by atoms with Gasteiger partial charge in [-0.1, -0.05) is 66.7 Å². The van der Waals surface area contributed by atoms with E-state index in [1.54, 1.807) is 0 Å². The van der Waals surface area contributed by atoms with E-state index in [-0.39, 0.29) is 34.6 Å². The molecule has 0 saturated heterocycles. The number of carbonyl (C=O) groups is 2. The highest BCUT2D eigenvalue weighted by Crippen LogP contribution is 2.53. The maximum Gasteiger partial charge on any atom is 0.314 e.